The van der Waals surface area contributed by atoms with Crippen molar-refractivity contribution in [1.29, 1.82) is 0 Å². The van der Waals surface area contributed by atoms with Gasteiger partial charge in [-0.1, -0.05) is 0 Å². The zero-order chi connectivity index (χ0) is 14.8. The van der Waals surface area contributed by atoms with Crippen molar-refractivity contribution >= 4 is 5.91 Å². The molecule has 3 heterocycles. The van der Waals surface area contributed by atoms with Gasteiger partial charge in [-0.15, -0.1) is 0 Å². The van der Waals surface area contributed by atoms with Crippen LogP contribution in [0.2, 0.25) is 0 Å². The Hall–Kier alpha value is -1.66. The quantitative estimate of drug-likeness (QED) is 0.794. The number of fused-ring (bicyclic) bond motifs is 3. The highest BCUT2D eigenvalue weighted by Crippen LogP contribution is 2.21. The highest BCUT2D eigenvalue weighted by atomic mass is 16.5. The summed E-state index contributed by atoms with van der Waals surface area (Å²) in [5.41, 5.74) is 0.622. The molecule has 2 aliphatic rings. The Morgan fingerprint density at radius 2 is 2.24 bits per heavy atom. The summed E-state index contributed by atoms with van der Waals surface area (Å²) in [7, 11) is 3.66. The smallest absolute Gasteiger partial charge is 0.254 e. The van der Waals surface area contributed by atoms with Crippen LogP contribution >= 0.6 is 0 Å². The Morgan fingerprint density at radius 3 is 3.05 bits per heavy atom. The van der Waals surface area contributed by atoms with Gasteiger partial charge in [0.05, 0.1) is 26.4 Å². The second-order valence-electron chi connectivity index (χ2n) is 5.82. The molecule has 1 amide bonds. The maximum absolute atomic E-state index is 12.8. The highest BCUT2D eigenvalue weighted by molar-refractivity contribution is 5.94. The van der Waals surface area contributed by atoms with Crippen molar-refractivity contribution in [2.45, 2.75) is 6.04 Å². The van der Waals surface area contributed by atoms with Gasteiger partial charge in [-0.2, -0.15) is 0 Å². The van der Waals surface area contributed by atoms with Crippen LogP contribution < -0.4 is 4.74 Å². The SMILES string of the molecule is COc1cc(C(=O)N2C[C@H]3COC[C@@H]2CN(C)C3)ccn1. The van der Waals surface area contributed by atoms with Crippen LogP contribution in [0.15, 0.2) is 18.3 Å². The van der Waals surface area contributed by atoms with Crippen LogP contribution in [0.3, 0.4) is 0 Å². The van der Waals surface area contributed by atoms with Crippen LogP contribution in [0.1, 0.15) is 10.4 Å². The molecule has 2 bridgehead atoms. The van der Waals surface area contributed by atoms with Crippen LogP contribution in [0.4, 0.5) is 0 Å². The van der Waals surface area contributed by atoms with Crippen LogP contribution in [-0.2, 0) is 4.74 Å². The molecule has 2 saturated heterocycles. The predicted molar refractivity (Wildman–Crippen MR) is 77.4 cm³/mol. The van der Waals surface area contributed by atoms with Gasteiger partial charge < -0.3 is 19.3 Å². The fraction of sp³-hybridized carbons (Fsp3) is 0.600. The lowest BCUT2D eigenvalue weighted by Gasteiger charge is -2.29. The maximum Gasteiger partial charge on any atom is 0.254 e. The molecule has 1 aromatic heterocycles. The number of aromatic nitrogens is 1. The summed E-state index contributed by atoms with van der Waals surface area (Å²) < 4.78 is 10.8. The van der Waals surface area contributed by atoms with E-state index in [1.807, 2.05) is 4.90 Å². The summed E-state index contributed by atoms with van der Waals surface area (Å²) in [6.45, 7) is 3.90. The Labute approximate surface area is 124 Å². The Bertz CT molecular complexity index is 523. The molecule has 2 fully saturated rings. The summed E-state index contributed by atoms with van der Waals surface area (Å²) in [4.78, 5) is 21.1. The molecule has 0 unspecified atom stereocenters. The first kappa shape index (κ1) is 14.3. The van der Waals surface area contributed by atoms with E-state index >= 15 is 0 Å². The number of carbonyl (C=O) groups excluding carboxylic acids is 1. The molecule has 0 aromatic carbocycles. The summed E-state index contributed by atoms with van der Waals surface area (Å²) in [6, 6.07) is 3.54. The zero-order valence-corrected chi connectivity index (χ0v) is 12.5. The number of rotatable bonds is 2. The first-order valence-corrected chi connectivity index (χ1v) is 7.24. The number of ether oxygens (including phenoxy) is 2. The molecule has 0 N–H and O–H groups in total. The number of hydrogen-bond donors (Lipinski definition) is 0. The van der Waals surface area contributed by atoms with E-state index in [4.69, 9.17) is 9.47 Å². The Morgan fingerprint density at radius 1 is 1.38 bits per heavy atom. The van der Waals surface area contributed by atoms with Crippen molar-refractivity contribution in [1.82, 2.24) is 14.8 Å². The van der Waals surface area contributed by atoms with E-state index in [1.54, 1.807) is 25.4 Å². The van der Waals surface area contributed by atoms with Crippen molar-refractivity contribution < 1.29 is 14.3 Å². The van der Waals surface area contributed by atoms with Gasteiger partial charge in [-0.25, -0.2) is 4.98 Å². The number of pyridine rings is 1. The van der Waals surface area contributed by atoms with Crippen molar-refractivity contribution in [2.24, 2.45) is 5.92 Å². The summed E-state index contributed by atoms with van der Waals surface area (Å²) in [5, 5.41) is 0. The minimum absolute atomic E-state index is 0.0338. The molecule has 0 radical (unpaired) electrons. The molecule has 1 aromatic rings. The summed E-state index contributed by atoms with van der Waals surface area (Å²) in [6.07, 6.45) is 1.61. The van der Waals surface area contributed by atoms with Crippen LogP contribution in [-0.4, -0.2) is 73.7 Å². The minimum atomic E-state index is 0.0338. The number of carbonyl (C=O) groups is 1. The highest BCUT2D eigenvalue weighted by Gasteiger charge is 2.35. The molecule has 0 saturated carbocycles. The topological polar surface area (TPSA) is 54.9 Å². The molecular weight excluding hydrogens is 270 g/mol. The molecule has 0 spiro atoms. The lowest BCUT2D eigenvalue weighted by Crippen LogP contribution is -2.45. The minimum Gasteiger partial charge on any atom is -0.481 e. The Kier molecular flexibility index (Phi) is 4.07. The molecule has 3 rings (SSSR count). The molecule has 21 heavy (non-hydrogen) atoms. The lowest BCUT2D eigenvalue weighted by atomic mass is 10.1. The molecule has 2 atom stereocenters. The van der Waals surface area contributed by atoms with Crippen LogP contribution in [0, 0.1) is 5.92 Å². The maximum atomic E-state index is 12.8. The van der Waals surface area contributed by atoms with Crippen molar-refractivity contribution in [2.75, 3.05) is 47.0 Å². The van der Waals surface area contributed by atoms with Gasteiger partial charge in [-0.05, 0) is 13.1 Å². The number of likely N-dealkylation sites (N-methyl/N-ethyl adjacent to an activating group) is 1. The van der Waals surface area contributed by atoms with Gasteiger partial charge >= 0.3 is 0 Å². The normalized spacial score (nSPS) is 26.3. The van der Waals surface area contributed by atoms with Gasteiger partial charge in [0.15, 0.2) is 0 Å². The fourth-order valence-corrected chi connectivity index (χ4v) is 3.15. The van der Waals surface area contributed by atoms with E-state index < -0.39 is 0 Å². The molecule has 114 valence electrons. The standard InChI is InChI=1S/C15H21N3O3/c1-17-6-11-7-18(13(8-17)10-21-9-11)15(19)12-3-4-16-14(5-12)20-2/h3-5,11,13H,6-10H2,1-2H3/t11-,13-/m0/s1. The van der Waals surface area contributed by atoms with Crippen LogP contribution in [0.5, 0.6) is 5.88 Å². The molecular formula is C15H21N3O3. The van der Waals surface area contributed by atoms with E-state index in [0.29, 0.717) is 24.0 Å². The molecule has 2 aliphatic heterocycles. The zero-order valence-electron chi connectivity index (χ0n) is 12.5. The summed E-state index contributed by atoms with van der Waals surface area (Å²) in [5.74, 6) is 0.869. The van der Waals surface area contributed by atoms with E-state index in [1.165, 1.54) is 0 Å². The third-order valence-electron chi connectivity index (χ3n) is 4.10. The average Bonchev–Trinajstić information content (AvgIpc) is 2.76. The number of amides is 1. The van der Waals surface area contributed by atoms with Gasteiger partial charge in [0, 0.05) is 43.4 Å². The summed E-state index contributed by atoms with van der Waals surface area (Å²) >= 11 is 0. The van der Waals surface area contributed by atoms with Gasteiger partial charge in [0.25, 0.3) is 5.91 Å². The van der Waals surface area contributed by atoms with Crippen molar-refractivity contribution in [3.8, 4) is 5.88 Å². The second kappa shape index (κ2) is 5.99. The third-order valence-corrected chi connectivity index (χ3v) is 4.10. The largest absolute Gasteiger partial charge is 0.481 e. The van der Waals surface area contributed by atoms with Crippen molar-refractivity contribution in [3.05, 3.63) is 23.9 Å². The first-order chi connectivity index (χ1) is 10.2. The molecule has 0 aliphatic carbocycles. The number of methoxy groups -OCH3 is 1. The van der Waals surface area contributed by atoms with Crippen LogP contribution in [0.25, 0.3) is 0 Å². The second-order valence-corrected chi connectivity index (χ2v) is 5.82. The average molecular weight is 291 g/mol. The molecule has 6 nitrogen and oxygen atoms in total. The Balaban J connectivity index is 1.85. The van der Waals surface area contributed by atoms with E-state index in [9.17, 15) is 4.79 Å². The predicted octanol–water partition coefficient (Wildman–Crippen LogP) is 0.493. The fourth-order valence-electron chi connectivity index (χ4n) is 3.15. The van der Waals surface area contributed by atoms with Gasteiger partial charge in [0.2, 0.25) is 5.88 Å². The van der Waals surface area contributed by atoms with Gasteiger partial charge in [-0.3, -0.25) is 4.79 Å². The lowest BCUT2D eigenvalue weighted by molar-refractivity contribution is 0.0483. The van der Waals surface area contributed by atoms with E-state index in [-0.39, 0.29) is 11.9 Å². The van der Waals surface area contributed by atoms with Gasteiger partial charge in [0.1, 0.15) is 0 Å². The number of hydrogen-bond acceptors (Lipinski definition) is 5. The molecule has 6 heteroatoms. The van der Waals surface area contributed by atoms with E-state index in [0.717, 1.165) is 26.2 Å². The monoisotopic (exact) mass is 291 g/mol. The number of nitrogens with zero attached hydrogens (tertiary/aromatic N) is 3. The van der Waals surface area contributed by atoms with E-state index in [2.05, 4.69) is 16.9 Å². The van der Waals surface area contributed by atoms with Crippen molar-refractivity contribution in [3.63, 3.8) is 0 Å². The third kappa shape index (κ3) is 3.01. The first-order valence-electron chi connectivity index (χ1n) is 7.24.